The van der Waals surface area contributed by atoms with Gasteiger partial charge in [-0.05, 0) is 55.9 Å². The molecule has 3 aromatic rings. The molecule has 3 rings (SSSR count). The fourth-order valence-electron chi connectivity index (χ4n) is 2.52. The number of nitrogens with one attached hydrogen (secondary N) is 2. The summed E-state index contributed by atoms with van der Waals surface area (Å²) in [5.41, 5.74) is 4.14. The third-order valence-electron chi connectivity index (χ3n) is 3.90. The zero-order valence-corrected chi connectivity index (χ0v) is 16.1. The lowest BCUT2D eigenvalue weighted by Gasteiger charge is -2.11. The Morgan fingerprint density at radius 1 is 1.20 bits per heavy atom. The molecule has 0 bridgehead atoms. The second kappa shape index (κ2) is 8.43. The SMILES string of the molecule is CNCC(C)C(=O)Nc1ccc(-c2nc3ccc(C)cc3s2)cc1.Cl. The second-order valence-electron chi connectivity index (χ2n) is 6.02. The molecule has 4 nitrogen and oxygen atoms in total. The van der Waals surface area contributed by atoms with Gasteiger partial charge in [-0.2, -0.15) is 0 Å². The van der Waals surface area contributed by atoms with Crippen molar-refractivity contribution in [3.8, 4) is 10.6 Å². The van der Waals surface area contributed by atoms with Crippen LogP contribution >= 0.6 is 23.7 Å². The molecule has 0 spiro atoms. The number of rotatable bonds is 5. The molecule has 132 valence electrons. The Bertz CT molecular complexity index is 861. The molecule has 1 atom stereocenters. The van der Waals surface area contributed by atoms with Crippen molar-refractivity contribution < 1.29 is 4.79 Å². The summed E-state index contributed by atoms with van der Waals surface area (Å²) in [6.07, 6.45) is 0. The molecule has 0 aliphatic rings. The van der Waals surface area contributed by atoms with E-state index in [1.165, 1.54) is 10.3 Å². The molecular formula is C19H22ClN3OS. The molecule has 2 aromatic carbocycles. The van der Waals surface area contributed by atoms with Crippen molar-refractivity contribution in [2.75, 3.05) is 18.9 Å². The highest BCUT2D eigenvalue weighted by Gasteiger charge is 2.12. The van der Waals surface area contributed by atoms with Crippen LogP contribution in [0, 0.1) is 12.8 Å². The van der Waals surface area contributed by atoms with Crippen LogP contribution < -0.4 is 10.6 Å². The number of aryl methyl sites for hydroxylation is 1. The van der Waals surface area contributed by atoms with E-state index in [1.807, 2.05) is 38.2 Å². The summed E-state index contributed by atoms with van der Waals surface area (Å²) in [6.45, 7) is 4.66. The van der Waals surface area contributed by atoms with E-state index in [0.717, 1.165) is 21.8 Å². The third-order valence-corrected chi connectivity index (χ3v) is 4.97. The minimum absolute atomic E-state index is 0. The highest BCUT2D eigenvalue weighted by Crippen LogP contribution is 2.31. The second-order valence-corrected chi connectivity index (χ2v) is 7.05. The van der Waals surface area contributed by atoms with Gasteiger partial charge < -0.3 is 10.6 Å². The number of hydrogen-bond donors (Lipinski definition) is 2. The number of hydrogen-bond acceptors (Lipinski definition) is 4. The van der Waals surface area contributed by atoms with Gasteiger partial charge in [0.05, 0.1) is 10.2 Å². The number of carbonyl (C=O) groups is 1. The topological polar surface area (TPSA) is 54.0 Å². The van der Waals surface area contributed by atoms with Crippen molar-refractivity contribution in [1.82, 2.24) is 10.3 Å². The first kappa shape index (κ1) is 19.4. The van der Waals surface area contributed by atoms with Crippen LogP contribution in [0.15, 0.2) is 42.5 Å². The minimum atomic E-state index is -0.0674. The summed E-state index contributed by atoms with van der Waals surface area (Å²) >= 11 is 1.69. The van der Waals surface area contributed by atoms with Gasteiger partial charge in [-0.3, -0.25) is 4.79 Å². The summed E-state index contributed by atoms with van der Waals surface area (Å²) in [7, 11) is 1.85. The van der Waals surface area contributed by atoms with Gasteiger partial charge in [-0.15, -0.1) is 23.7 Å². The van der Waals surface area contributed by atoms with E-state index in [4.69, 9.17) is 4.98 Å². The summed E-state index contributed by atoms with van der Waals surface area (Å²) in [6, 6.07) is 14.2. The monoisotopic (exact) mass is 375 g/mol. The van der Waals surface area contributed by atoms with E-state index in [-0.39, 0.29) is 24.2 Å². The maximum atomic E-state index is 12.0. The van der Waals surface area contributed by atoms with Gasteiger partial charge in [0.15, 0.2) is 0 Å². The number of halogens is 1. The van der Waals surface area contributed by atoms with Gasteiger partial charge >= 0.3 is 0 Å². The molecule has 1 unspecified atom stereocenters. The smallest absolute Gasteiger partial charge is 0.228 e. The number of amides is 1. The molecule has 25 heavy (non-hydrogen) atoms. The first-order valence-electron chi connectivity index (χ1n) is 8.00. The lowest BCUT2D eigenvalue weighted by Crippen LogP contribution is -2.28. The third kappa shape index (κ3) is 4.57. The van der Waals surface area contributed by atoms with Crippen molar-refractivity contribution in [1.29, 1.82) is 0 Å². The molecule has 0 saturated heterocycles. The lowest BCUT2D eigenvalue weighted by atomic mass is 10.1. The highest BCUT2D eigenvalue weighted by atomic mass is 35.5. The Kier molecular flexibility index (Phi) is 6.53. The first-order valence-corrected chi connectivity index (χ1v) is 8.81. The highest BCUT2D eigenvalue weighted by molar-refractivity contribution is 7.21. The van der Waals surface area contributed by atoms with E-state index in [0.29, 0.717) is 6.54 Å². The largest absolute Gasteiger partial charge is 0.326 e. The Balaban J connectivity index is 0.00000225. The van der Waals surface area contributed by atoms with Crippen LogP contribution in [-0.4, -0.2) is 24.5 Å². The molecule has 0 radical (unpaired) electrons. The fraction of sp³-hybridized carbons (Fsp3) is 0.263. The zero-order chi connectivity index (χ0) is 17.1. The van der Waals surface area contributed by atoms with Crippen LogP contribution in [0.3, 0.4) is 0 Å². The van der Waals surface area contributed by atoms with Gasteiger partial charge in [0.1, 0.15) is 5.01 Å². The quantitative estimate of drug-likeness (QED) is 0.690. The number of benzene rings is 2. The van der Waals surface area contributed by atoms with E-state index in [2.05, 4.69) is 35.8 Å². The van der Waals surface area contributed by atoms with Gasteiger partial charge in [0.25, 0.3) is 0 Å². The average molecular weight is 376 g/mol. The number of fused-ring (bicyclic) bond motifs is 1. The van der Waals surface area contributed by atoms with E-state index >= 15 is 0 Å². The van der Waals surface area contributed by atoms with Crippen molar-refractivity contribution in [3.63, 3.8) is 0 Å². The summed E-state index contributed by atoms with van der Waals surface area (Å²) in [4.78, 5) is 16.7. The van der Waals surface area contributed by atoms with Crippen LogP contribution in [0.4, 0.5) is 5.69 Å². The van der Waals surface area contributed by atoms with Gasteiger partial charge in [0, 0.05) is 23.7 Å². The number of nitrogens with zero attached hydrogens (tertiary/aromatic N) is 1. The lowest BCUT2D eigenvalue weighted by molar-refractivity contribution is -0.119. The fourth-order valence-corrected chi connectivity index (χ4v) is 3.59. The number of carbonyl (C=O) groups excluding carboxylic acids is 1. The molecule has 0 fully saturated rings. The number of anilines is 1. The molecule has 0 saturated carbocycles. The van der Waals surface area contributed by atoms with Gasteiger partial charge in [0.2, 0.25) is 5.91 Å². The number of aromatic nitrogens is 1. The Morgan fingerprint density at radius 2 is 1.92 bits per heavy atom. The van der Waals surface area contributed by atoms with E-state index in [1.54, 1.807) is 11.3 Å². The molecule has 6 heteroatoms. The van der Waals surface area contributed by atoms with Crippen LogP contribution in [0.2, 0.25) is 0 Å². The molecule has 1 aromatic heterocycles. The van der Waals surface area contributed by atoms with Crippen LogP contribution in [0.1, 0.15) is 12.5 Å². The Hall–Kier alpha value is -1.95. The molecule has 0 aliphatic heterocycles. The molecule has 2 N–H and O–H groups in total. The maximum absolute atomic E-state index is 12.0. The van der Waals surface area contributed by atoms with E-state index < -0.39 is 0 Å². The minimum Gasteiger partial charge on any atom is -0.326 e. The van der Waals surface area contributed by atoms with Crippen LogP contribution in [0.25, 0.3) is 20.8 Å². The van der Waals surface area contributed by atoms with Gasteiger partial charge in [-0.25, -0.2) is 4.98 Å². The molecular weight excluding hydrogens is 354 g/mol. The van der Waals surface area contributed by atoms with Crippen molar-refractivity contribution >= 4 is 45.6 Å². The van der Waals surface area contributed by atoms with Gasteiger partial charge in [-0.1, -0.05) is 13.0 Å². The van der Waals surface area contributed by atoms with Crippen LogP contribution in [-0.2, 0) is 4.79 Å². The summed E-state index contributed by atoms with van der Waals surface area (Å²) in [5.74, 6) is -0.0465. The summed E-state index contributed by atoms with van der Waals surface area (Å²) in [5, 5.41) is 6.95. The summed E-state index contributed by atoms with van der Waals surface area (Å²) < 4.78 is 1.20. The molecule has 1 heterocycles. The molecule has 0 aliphatic carbocycles. The predicted octanol–water partition coefficient (Wildman–Crippen LogP) is 4.49. The predicted molar refractivity (Wildman–Crippen MR) is 109 cm³/mol. The molecule has 1 amide bonds. The average Bonchev–Trinajstić information content (AvgIpc) is 2.98. The normalized spacial score (nSPS) is 11.8. The maximum Gasteiger partial charge on any atom is 0.228 e. The Morgan fingerprint density at radius 3 is 2.60 bits per heavy atom. The first-order chi connectivity index (χ1) is 11.6. The van der Waals surface area contributed by atoms with Crippen molar-refractivity contribution in [2.24, 2.45) is 5.92 Å². The van der Waals surface area contributed by atoms with E-state index in [9.17, 15) is 4.79 Å². The van der Waals surface area contributed by atoms with Crippen molar-refractivity contribution in [2.45, 2.75) is 13.8 Å². The Labute approximate surface area is 158 Å². The van der Waals surface area contributed by atoms with Crippen molar-refractivity contribution in [3.05, 3.63) is 48.0 Å². The van der Waals surface area contributed by atoms with Crippen LogP contribution in [0.5, 0.6) is 0 Å². The zero-order valence-electron chi connectivity index (χ0n) is 14.5. The standard InChI is InChI=1S/C19H21N3OS.ClH/c1-12-4-9-16-17(10-12)24-19(22-16)14-5-7-15(8-6-14)21-18(23)13(2)11-20-3;/h4-10,13,20H,11H2,1-3H3,(H,21,23);1H. The number of thiazole rings is 1.